The predicted molar refractivity (Wildman–Crippen MR) is 346 cm³/mol. The van der Waals surface area contributed by atoms with E-state index in [1.54, 1.807) is 0 Å². The molecule has 0 aliphatic heterocycles. The first-order valence-electron chi connectivity index (χ1n) is 28.7. The summed E-state index contributed by atoms with van der Waals surface area (Å²) in [6, 6.07) is 76.9. The van der Waals surface area contributed by atoms with E-state index in [9.17, 15) is 5.26 Å². The van der Waals surface area contributed by atoms with Gasteiger partial charge in [0.2, 0.25) is 0 Å². The summed E-state index contributed by atoms with van der Waals surface area (Å²) in [6.45, 7) is 17.5. The van der Waals surface area contributed by atoms with Gasteiger partial charge in [0.1, 0.15) is 11.9 Å². The number of aromatic nitrogens is 6. The van der Waals surface area contributed by atoms with Crippen LogP contribution < -0.4 is 0 Å². The van der Waals surface area contributed by atoms with Gasteiger partial charge in [0.05, 0.1) is 89.0 Å². The number of hydrogen-bond donors (Lipinski definition) is 0. The van der Waals surface area contributed by atoms with Crippen molar-refractivity contribution in [1.82, 2.24) is 27.8 Å². The molecule has 0 fully saturated rings. The number of imidazole rings is 1. The van der Waals surface area contributed by atoms with Crippen molar-refractivity contribution in [3.8, 4) is 45.9 Å². The number of aryl methyl sites for hydroxylation is 8. The van der Waals surface area contributed by atoms with Gasteiger partial charge < -0.3 is 18.3 Å². The first-order chi connectivity index (χ1) is 40.4. The van der Waals surface area contributed by atoms with E-state index in [4.69, 9.17) is 4.98 Å². The maximum absolute atomic E-state index is 13.2. The van der Waals surface area contributed by atoms with E-state index in [2.05, 4.69) is 284 Å². The Bertz CT molecular complexity index is 5310. The minimum Gasteiger partial charge on any atom is -0.306 e. The van der Waals surface area contributed by atoms with Crippen molar-refractivity contribution in [2.75, 3.05) is 0 Å². The molecule has 0 bridgehead atoms. The van der Waals surface area contributed by atoms with E-state index in [1.165, 1.54) is 33.4 Å². The molecule has 7 nitrogen and oxygen atoms in total. The molecule has 0 aliphatic carbocycles. The lowest BCUT2D eigenvalue weighted by Gasteiger charge is -2.29. The molecule has 5 heterocycles. The molecule has 0 radical (unpaired) electrons. The number of nitrogens with zero attached hydrogens (tertiary/aromatic N) is 7. The fraction of sp³-hybridized carbons (Fsp3) is 0.105. The molecule has 0 amide bonds. The number of nitriles is 1. The summed E-state index contributed by atoms with van der Waals surface area (Å²) in [4.78, 5) is 5.85. The Morgan fingerprint density at radius 3 is 0.916 bits per heavy atom. The molecule has 16 aromatic rings. The maximum Gasteiger partial charge on any atom is 0.149 e. The van der Waals surface area contributed by atoms with E-state index in [-0.39, 0.29) is 0 Å². The summed E-state index contributed by atoms with van der Waals surface area (Å²) >= 11 is 0. The van der Waals surface area contributed by atoms with E-state index in [0.717, 1.165) is 138 Å². The van der Waals surface area contributed by atoms with Gasteiger partial charge in [-0.05, 0) is 177 Å². The van der Waals surface area contributed by atoms with Gasteiger partial charge in [0, 0.05) is 48.8 Å². The first kappa shape index (κ1) is 48.5. The molecule has 11 aromatic carbocycles. The smallest absolute Gasteiger partial charge is 0.149 e. The highest BCUT2D eigenvalue weighted by molar-refractivity contribution is 6.18. The highest BCUT2D eigenvalue weighted by Crippen LogP contribution is 2.53. The molecule has 5 aromatic heterocycles. The van der Waals surface area contributed by atoms with E-state index < -0.39 is 0 Å². The molecule has 83 heavy (non-hydrogen) atoms. The number of para-hydroxylation sites is 3. The Morgan fingerprint density at radius 1 is 0.289 bits per heavy atom. The molecular formula is C76H57N7. The van der Waals surface area contributed by atoms with Gasteiger partial charge in [-0.15, -0.1) is 0 Å². The Kier molecular flexibility index (Phi) is 10.4. The van der Waals surface area contributed by atoms with Crippen molar-refractivity contribution in [2.24, 2.45) is 0 Å². The SMILES string of the molecule is Cc1ccc2c(c1)c1cc(C)ccc1n2-c1c(C#N)c(-c2nc3ccccc3n2-c2ccccc2)c(-n2c3ccc(C)cc3c3cc(C)ccc32)c(-n2c3ccc(C)cc3c3cc(C)ccc32)c1-n1c2ccc(C)cc2c2cc(C)ccc21. The normalized spacial score (nSPS) is 12.1. The van der Waals surface area contributed by atoms with Gasteiger partial charge in [-0.25, -0.2) is 4.98 Å². The Labute approximate surface area is 480 Å². The lowest BCUT2D eigenvalue weighted by atomic mass is 9.96. The van der Waals surface area contributed by atoms with Gasteiger partial charge in [-0.3, -0.25) is 4.57 Å². The molecular weight excluding hydrogens is 1010 g/mol. The number of rotatable bonds is 6. The lowest BCUT2D eigenvalue weighted by molar-refractivity contribution is 1.01. The zero-order valence-electron chi connectivity index (χ0n) is 47.7. The van der Waals surface area contributed by atoms with Crippen LogP contribution in [0, 0.1) is 66.7 Å². The monoisotopic (exact) mass is 1070 g/mol. The second kappa shape index (κ2) is 17.8. The first-order valence-corrected chi connectivity index (χ1v) is 28.7. The Hall–Kier alpha value is -10.4. The molecule has 0 aliphatic rings. The fourth-order valence-corrected chi connectivity index (χ4v) is 13.9. The van der Waals surface area contributed by atoms with Gasteiger partial charge >= 0.3 is 0 Å². The summed E-state index contributed by atoms with van der Waals surface area (Å²) in [7, 11) is 0. The van der Waals surface area contributed by atoms with Crippen molar-refractivity contribution in [3.05, 3.63) is 250 Å². The third-order valence-corrected chi connectivity index (χ3v) is 17.5. The fourth-order valence-electron chi connectivity index (χ4n) is 13.9. The van der Waals surface area contributed by atoms with Crippen LogP contribution in [-0.2, 0) is 0 Å². The van der Waals surface area contributed by atoms with Crippen LogP contribution in [0.1, 0.15) is 50.1 Å². The van der Waals surface area contributed by atoms with Gasteiger partial charge in [-0.1, -0.05) is 123 Å². The lowest BCUT2D eigenvalue weighted by Crippen LogP contribution is -2.17. The van der Waals surface area contributed by atoms with E-state index >= 15 is 0 Å². The molecule has 0 spiro atoms. The largest absolute Gasteiger partial charge is 0.306 e. The quantitative estimate of drug-likeness (QED) is 0.167. The standard InChI is InChI=1S/C76H57N7/c1-43-18-26-62-52(34-43)53-35-44(2)19-27-63(53)80(62)72-60(42-77)71(76-78-61-16-12-13-17-70(61)79(76)51-14-10-9-11-15-51)73(81-64-28-20-45(3)36-54(64)55-37-46(4)21-29-65(55)81)75(83-68-32-24-49(7)40-58(68)59-41-50(8)25-33-69(59)83)74(72)82-66-30-22-47(5)38-56(66)57-39-48(6)23-31-67(57)82/h9-41H,1-8H3. The van der Waals surface area contributed by atoms with Crippen LogP contribution in [0.25, 0.3) is 138 Å². The topological polar surface area (TPSA) is 61.3 Å². The molecule has 0 unspecified atom stereocenters. The van der Waals surface area contributed by atoms with Crippen LogP contribution in [-0.4, -0.2) is 27.8 Å². The minimum absolute atomic E-state index is 0.488. The van der Waals surface area contributed by atoms with Crippen LogP contribution in [0.2, 0.25) is 0 Å². The van der Waals surface area contributed by atoms with Crippen LogP contribution >= 0.6 is 0 Å². The second-order valence-electron chi connectivity index (χ2n) is 23.4. The average molecular weight is 1070 g/mol. The number of fused-ring (bicyclic) bond motifs is 13. The van der Waals surface area contributed by atoms with Crippen LogP contribution in [0.4, 0.5) is 0 Å². The van der Waals surface area contributed by atoms with Crippen LogP contribution in [0.15, 0.2) is 200 Å². The van der Waals surface area contributed by atoms with Crippen LogP contribution in [0.3, 0.4) is 0 Å². The molecule has 0 saturated carbocycles. The highest BCUT2D eigenvalue weighted by atomic mass is 15.2. The van der Waals surface area contributed by atoms with Gasteiger partial charge in [0.25, 0.3) is 0 Å². The second-order valence-corrected chi connectivity index (χ2v) is 23.4. The molecule has 0 saturated heterocycles. The minimum atomic E-state index is 0.488. The highest BCUT2D eigenvalue weighted by Gasteiger charge is 2.37. The Morgan fingerprint density at radius 2 is 0.578 bits per heavy atom. The predicted octanol–water partition coefficient (Wildman–Crippen LogP) is 19.4. The van der Waals surface area contributed by atoms with Gasteiger partial charge in [-0.2, -0.15) is 5.26 Å². The molecule has 396 valence electrons. The number of benzene rings is 11. The van der Waals surface area contributed by atoms with E-state index in [1.807, 2.05) is 0 Å². The average Bonchev–Trinajstić information content (AvgIpc) is 2.08. The van der Waals surface area contributed by atoms with Crippen molar-refractivity contribution in [1.29, 1.82) is 5.26 Å². The zero-order valence-corrected chi connectivity index (χ0v) is 47.7. The molecule has 0 atom stereocenters. The maximum atomic E-state index is 13.2. The zero-order chi connectivity index (χ0) is 56.3. The third-order valence-electron chi connectivity index (χ3n) is 17.5. The molecule has 16 rings (SSSR count). The summed E-state index contributed by atoms with van der Waals surface area (Å²) in [5, 5.41) is 22.2. The van der Waals surface area contributed by atoms with Gasteiger partial charge in [0.15, 0.2) is 0 Å². The Balaban J connectivity index is 1.30. The summed E-state index contributed by atoms with van der Waals surface area (Å²) in [5.74, 6) is 0.653. The van der Waals surface area contributed by atoms with Crippen molar-refractivity contribution < 1.29 is 0 Å². The number of hydrogen-bond acceptors (Lipinski definition) is 2. The van der Waals surface area contributed by atoms with Crippen molar-refractivity contribution in [2.45, 2.75) is 55.4 Å². The van der Waals surface area contributed by atoms with Crippen molar-refractivity contribution >= 4 is 98.3 Å². The third kappa shape index (κ3) is 7.00. The van der Waals surface area contributed by atoms with E-state index in [0.29, 0.717) is 17.0 Å². The molecule has 7 heteroatoms. The molecule has 0 N–H and O–H groups in total. The summed E-state index contributed by atoms with van der Waals surface area (Å²) < 4.78 is 12.2. The van der Waals surface area contributed by atoms with Crippen molar-refractivity contribution in [3.63, 3.8) is 0 Å². The van der Waals surface area contributed by atoms with Crippen LogP contribution in [0.5, 0.6) is 0 Å². The summed E-state index contributed by atoms with van der Waals surface area (Å²) in [6.07, 6.45) is 0. The summed E-state index contributed by atoms with van der Waals surface area (Å²) in [5.41, 5.74) is 24.8.